The normalized spacial score (nSPS) is 36.1. The molecule has 1 aromatic rings. The predicted octanol–water partition coefficient (Wildman–Crippen LogP) is 2.51. The molecule has 1 aliphatic carbocycles. The van der Waals surface area contributed by atoms with Gasteiger partial charge in [-0.2, -0.15) is 0 Å². The van der Waals surface area contributed by atoms with Gasteiger partial charge in [-0.3, -0.25) is 0 Å². The molecule has 1 aliphatic heterocycles. The van der Waals surface area contributed by atoms with Crippen LogP contribution in [0.4, 0.5) is 0 Å². The fourth-order valence-electron chi connectivity index (χ4n) is 3.83. The second kappa shape index (κ2) is 5.02. The first-order valence-corrected chi connectivity index (χ1v) is 7.28. The van der Waals surface area contributed by atoms with E-state index < -0.39 is 0 Å². The number of hydrogen-bond donors (Lipinski definition) is 2. The van der Waals surface area contributed by atoms with Gasteiger partial charge in [0.2, 0.25) is 0 Å². The monoisotopic (exact) mass is 245 g/mol. The molecular weight excluding hydrogens is 222 g/mol. The molecule has 0 unspecified atom stereocenters. The van der Waals surface area contributed by atoms with E-state index in [4.69, 9.17) is 0 Å². The maximum absolute atomic E-state index is 10.8. The number of aliphatic hydroxyl groups is 1. The highest BCUT2D eigenvalue weighted by Crippen LogP contribution is 2.41. The zero-order valence-corrected chi connectivity index (χ0v) is 10.9. The summed E-state index contributed by atoms with van der Waals surface area (Å²) in [6.07, 6.45) is 6.65. The second-order valence-electron chi connectivity index (χ2n) is 5.96. The van der Waals surface area contributed by atoms with Crippen molar-refractivity contribution in [1.29, 1.82) is 0 Å². The van der Waals surface area contributed by atoms with Gasteiger partial charge in [0.15, 0.2) is 0 Å². The van der Waals surface area contributed by atoms with Gasteiger partial charge in [-0.25, -0.2) is 0 Å². The van der Waals surface area contributed by atoms with Crippen molar-refractivity contribution in [3.63, 3.8) is 0 Å². The topological polar surface area (TPSA) is 32.3 Å². The van der Waals surface area contributed by atoms with E-state index in [1.807, 2.05) is 0 Å². The van der Waals surface area contributed by atoms with Gasteiger partial charge < -0.3 is 10.4 Å². The molecule has 0 radical (unpaired) electrons. The summed E-state index contributed by atoms with van der Waals surface area (Å²) in [6.45, 7) is 0.963. The van der Waals surface area contributed by atoms with Crippen molar-refractivity contribution in [3.8, 4) is 0 Å². The molecule has 1 heterocycles. The number of nitrogens with one attached hydrogen (secondary N) is 1. The van der Waals surface area contributed by atoms with Crippen LogP contribution in [0, 0.1) is 5.92 Å². The maximum Gasteiger partial charge on any atom is 0.0702 e. The molecule has 18 heavy (non-hydrogen) atoms. The Morgan fingerprint density at radius 2 is 2.00 bits per heavy atom. The first-order chi connectivity index (χ1) is 8.78. The van der Waals surface area contributed by atoms with Crippen LogP contribution in [0.2, 0.25) is 0 Å². The first kappa shape index (κ1) is 12.2. The highest BCUT2D eigenvalue weighted by Gasteiger charge is 2.45. The Hall–Kier alpha value is -0.860. The zero-order valence-electron chi connectivity index (χ0n) is 10.9. The van der Waals surface area contributed by atoms with Crippen molar-refractivity contribution in [2.24, 2.45) is 5.92 Å². The Kier molecular flexibility index (Phi) is 3.40. The zero-order chi connectivity index (χ0) is 12.4. The Morgan fingerprint density at radius 3 is 2.83 bits per heavy atom. The molecule has 2 fully saturated rings. The van der Waals surface area contributed by atoms with E-state index >= 15 is 0 Å². The summed E-state index contributed by atoms with van der Waals surface area (Å²) in [7, 11) is 0. The van der Waals surface area contributed by atoms with Crippen LogP contribution in [-0.2, 0) is 6.42 Å². The fourth-order valence-corrected chi connectivity index (χ4v) is 3.83. The summed E-state index contributed by atoms with van der Waals surface area (Å²) in [5.41, 5.74) is 0.994. The van der Waals surface area contributed by atoms with E-state index in [1.54, 1.807) is 0 Å². The van der Waals surface area contributed by atoms with Crippen LogP contribution in [0.3, 0.4) is 0 Å². The van der Waals surface area contributed by atoms with Crippen LogP contribution < -0.4 is 5.32 Å². The molecule has 0 spiro atoms. The number of fused-ring (bicyclic) bond motifs is 1. The molecular formula is C16H23NO. The van der Waals surface area contributed by atoms with Crippen LogP contribution in [0.1, 0.15) is 37.7 Å². The SMILES string of the molecule is O[C@]12CCCC[C@H]1[C@@H](Cc1ccccc1)NCC2. The van der Waals surface area contributed by atoms with Crippen molar-refractivity contribution < 1.29 is 5.11 Å². The van der Waals surface area contributed by atoms with Crippen molar-refractivity contribution in [3.05, 3.63) is 35.9 Å². The van der Waals surface area contributed by atoms with Crippen molar-refractivity contribution in [2.45, 2.75) is 50.2 Å². The fraction of sp³-hybridized carbons (Fsp3) is 0.625. The highest BCUT2D eigenvalue weighted by molar-refractivity contribution is 5.17. The first-order valence-electron chi connectivity index (χ1n) is 7.28. The molecule has 1 saturated heterocycles. The Bertz CT molecular complexity index is 387. The Labute approximate surface area is 109 Å². The Morgan fingerprint density at radius 1 is 1.17 bits per heavy atom. The van der Waals surface area contributed by atoms with Gasteiger partial charge in [0.25, 0.3) is 0 Å². The van der Waals surface area contributed by atoms with Crippen molar-refractivity contribution in [1.82, 2.24) is 5.32 Å². The van der Waals surface area contributed by atoms with E-state index in [9.17, 15) is 5.11 Å². The smallest absolute Gasteiger partial charge is 0.0702 e. The summed E-state index contributed by atoms with van der Waals surface area (Å²) in [4.78, 5) is 0. The van der Waals surface area contributed by atoms with E-state index in [0.29, 0.717) is 12.0 Å². The minimum absolute atomic E-state index is 0.386. The lowest BCUT2D eigenvalue weighted by atomic mass is 9.67. The predicted molar refractivity (Wildman–Crippen MR) is 73.5 cm³/mol. The summed E-state index contributed by atoms with van der Waals surface area (Å²) in [6, 6.07) is 11.1. The third-order valence-electron chi connectivity index (χ3n) is 4.81. The average molecular weight is 245 g/mol. The van der Waals surface area contributed by atoms with E-state index in [-0.39, 0.29) is 5.60 Å². The molecule has 1 aromatic carbocycles. The van der Waals surface area contributed by atoms with Crippen molar-refractivity contribution >= 4 is 0 Å². The van der Waals surface area contributed by atoms with Gasteiger partial charge in [-0.15, -0.1) is 0 Å². The van der Waals surface area contributed by atoms with Gasteiger partial charge in [-0.05, 0) is 37.8 Å². The van der Waals surface area contributed by atoms with Crippen LogP contribution in [-0.4, -0.2) is 23.3 Å². The lowest BCUT2D eigenvalue weighted by molar-refractivity contribution is -0.0850. The van der Waals surface area contributed by atoms with Gasteiger partial charge >= 0.3 is 0 Å². The molecule has 98 valence electrons. The number of benzene rings is 1. The molecule has 3 rings (SSSR count). The lowest BCUT2D eigenvalue weighted by Crippen LogP contribution is -2.58. The number of piperidine rings is 1. The van der Waals surface area contributed by atoms with Crippen LogP contribution in [0.15, 0.2) is 30.3 Å². The molecule has 0 bridgehead atoms. The summed E-state index contributed by atoms with van der Waals surface area (Å²) in [5, 5.41) is 14.4. The molecule has 2 heteroatoms. The van der Waals surface area contributed by atoms with E-state index in [0.717, 1.165) is 25.8 Å². The standard InChI is InChI=1S/C16H23NO/c18-16-9-5-4-8-14(16)15(17-11-10-16)12-13-6-2-1-3-7-13/h1-3,6-7,14-15,17-18H,4-5,8-12H2/t14-,15+,16-/m0/s1. The van der Waals surface area contributed by atoms with Crippen LogP contribution >= 0.6 is 0 Å². The quantitative estimate of drug-likeness (QED) is 0.839. The van der Waals surface area contributed by atoms with Crippen LogP contribution in [0.25, 0.3) is 0 Å². The average Bonchev–Trinajstić information content (AvgIpc) is 2.39. The summed E-state index contributed by atoms with van der Waals surface area (Å²) in [5.74, 6) is 0.445. The van der Waals surface area contributed by atoms with Gasteiger partial charge in [0.1, 0.15) is 0 Å². The lowest BCUT2D eigenvalue weighted by Gasteiger charge is -2.48. The molecule has 1 saturated carbocycles. The summed E-state index contributed by atoms with van der Waals surface area (Å²) < 4.78 is 0. The largest absolute Gasteiger partial charge is 0.389 e. The molecule has 2 N–H and O–H groups in total. The van der Waals surface area contributed by atoms with Gasteiger partial charge in [-0.1, -0.05) is 43.2 Å². The molecule has 0 amide bonds. The minimum atomic E-state index is -0.386. The van der Waals surface area contributed by atoms with Crippen molar-refractivity contribution in [2.75, 3.05) is 6.54 Å². The Balaban J connectivity index is 1.75. The second-order valence-corrected chi connectivity index (χ2v) is 5.96. The highest BCUT2D eigenvalue weighted by atomic mass is 16.3. The van der Waals surface area contributed by atoms with Gasteiger partial charge in [0.05, 0.1) is 5.60 Å². The maximum atomic E-state index is 10.8. The number of rotatable bonds is 2. The number of hydrogen-bond acceptors (Lipinski definition) is 2. The molecule has 0 aromatic heterocycles. The molecule has 3 atom stereocenters. The van der Waals surface area contributed by atoms with E-state index in [1.165, 1.54) is 24.8 Å². The van der Waals surface area contributed by atoms with Crippen LogP contribution in [0.5, 0.6) is 0 Å². The van der Waals surface area contributed by atoms with E-state index in [2.05, 4.69) is 35.6 Å². The van der Waals surface area contributed by atoms with Gasteiger partial charge in [0, 0.05) is 12.0 Å². The third kappa shape index (κ3) is 2.32. The molecule has 2 aliphatic rings. The minimum Gasteiger partial charge on any atom is -0.389 e. The summed E-state index contributed by atoms with van der Waals surface area (Å²) >= 11 is 0. The molecule has 2 nitrogen and oxygen atoms in total. The third-order valence-corrected chi connectivity index (χ3v) is 4.81.